The summed E-state index contributed by atoms with van der Waals surface area (Å²) in [5, 5.41) is 0.697. The van der Waals surface area contributed by atoms with Gasteiger partial charge in [-0.05, 0) is 30.3 Å². The third-order valence-electron chi connectivity index (χ3n) is 5.32. The smallest absolute Gasteiger partial charge is 0.215 e. The number of aldehydes is 1. The van der Waals surface area contributed by atoms with Crippen molar-refractivity contribution in [3.05, 3.63) is 47.0 Å². The molecule has 0 spiro atoms. The quantitative estimate of drug-likeness (QED) is 0.659. The molecule has 2 fully saturated rings. The van der Waals surface area contributed by atoms with Gasteiger partial charge in [-0.15, -0.1) is 0 Å². The summed E-state index contributed by atoms with van der Waals surface area (Å²) in [6, 6.07) is 11.0. The second-order valence-electron chi connectivity index (χ2n) is 7.37. The highest BCUT2D eigenvalue weighted by Gasteiger charge is 2.24. The Labute approximate surface area is 175 Å². The maximum atomic E-state index is 11.5. The topological polar surface area (TPSA) is 60.9 Å². The van der Waals surface area contributed by atoms with Gasteiger partial charge in [0.1, 0.15) is 23.8 Å². The first kappa shape index (κ1) is 20.0. The Hall–Kier alpha value is -2.31. The zero-order valence-corrected chi connectivity index (χ0v) is 17.0. The summed E-state index contributed by atoms with van der Waals surface area (Å²) in [6.07, 6.45) is 4.54. The maximum Gasteiger partial charge on any atom is 0.215 e. The molecule has 7 heteroatoms. The second kappa shape index (κ2) is 9.46. The van der Waals surface area contributed by atoms with Gasteiger partial charge in [-0.2, -0.15) is 4.98 Å². The molecule has 0 saturated carbocycles. The number of aromatic nitrogens is 1. The summed E-state index contributed by atoms with van der Waals surface area (Å²) in [5.41, 5.74) is 0.585. The molecule has 0 radical (unpaired) electrons. The Morgan fingerprint density at radius 2 is 1.66 bits per heavy atom. The molecule has 0 amide bonds. The van der Waals surface area contributed by atoms with Gasteiger partial charge in [0, 0.05) is 49.9 Å². The third-order valence-corrected chi connectivity index (χ3v) is 5.57. The van der Waals surface area contributed by atoms with Crippen LogP contribution in [0.2, 0.25) is 5.02 Å². The first-order chi connectivity index (χ1) is 14.2. The number of carbonyl (C=O) groups excluding carboxylic acids is 1. The van der Waals surface area contributed by atoms with Crippen LogP contribution in [0.1, 0.15) is 36.0 Å². The minimum atomic E-state index is 0.115. The van der Waals surface area contributed by atoms with Crippen molar-refractivity contribution < 1.29 is 19.0 Å². The van der Waals surface area contributed by atoms with E-state index in [4.69, 9.17) is 25.8 Å². The van der Waals surface area contributed by atoms with Crippen LogP contribution < -0.4 is 14.4 Å². The van der Waals surface area contributed by atoms with Crippen LogP contribution >= 0.6 is 11.6 Å². The van der Waals surface area contributed by atoms with E-state index in [0.29, 0.717) is 35.5 Å². The van der Waals surface area contributed by atoms with E-state index in [1.165, 1.54) is 0 Å². The van der Waals surface area contributed by atoms with Gasteiger partial charge in [0.05, 0.1) is 18.8 Å². The number of pyridine rings is 1. The minimum Gasteiger partial charge on any atom is -0.490 e. The lowest BCUT2D eigenvalue weighted by atomic mass is 10.1. The van der Waals surface area contributed by atoms with Crippen molar-refractivity contribution in [2.75, 3.05) is 31.2 Å². The molecule has 2 aliphatic rings. The van der Waals surface area contributed by atoms with Crippen molar-refractivity contribution in [3.63, 3.8) is 0 Å². The molecular weight excluding hydrogens is 392 g/mol. The maximum absolute atomic E-state index is 11.5. The molecule has 2 saturated heterocycles. The van der Waals surface area contributed by atoms with Gasteiger partial charge in [0.25, 0.3) is 0 Å². The van der Waals surface area contributed by atoms with Crippen molar-refractivity contribution in [2.24, 2.45) is 0 Å². The Kier molecular flexibility index (Phi) is 6.52. The van der Waals surface area contributed by atoms with Crippen LogP contribution in [0.3, 0.4) is 0 Å². The standard InChI is InChI=1S/C22H25ClN2O4/c23-17-2-4-18(5-3-17)28-19-7-11-25(12-8-19)22-16(15-26)1-6-21(24-22)29-20-9-13-27-14-10-20/h1-6,15,19-20H,7-14H2. The Balaban J connectivity index is 1.39. The van der Waals surface area contributed by atoms with Crippen LogP contribution in [0.5, 0.6) is 11.6 Å². The normalized spacial score (nSPS) is 18.4. The van der Waals surface area contributed by atoms with E-state index < -0.39 is 0 Å². The molecule has 3 heterocycles. The monoisotopic (exact) mass is 416 g/mol. The molecule has 6 nitrogen and oxygen atoms in total. The van der Waals surface area contributed by atoms with Gasteiger partial charge in [-0.1, -0.05) is 11.6 Å². The van der Waals surface area contributed by atoms with Gasteiger partial charge in [0.15, 0.2) is 6.29 Å². The highest BCUT2D eigenvalue weighted by molar-refractivity contribution is 6.30. The number of piperidine rings is 1. The molecule has 1 aromatic carbocycles. The molecule has 0 aliphatic carbocycles. The summed E-state index contributed by atoms with van der Waals surface area (Å²) in [7, 11) is 0. The Morgan fingerprint density at radius 3 is 2.34 bits per heavy atom. The number of carbonyl (C=O) groups is 1. The lowest BCUT2D eigenvalue weighted by molar-refractivity contribution is 0.0238. The summed E-state index contributed by atoms with van der Waals surface area (Å²) in [5.74, 6) is 2.08. The lowest BCUT2D eigenvalue weighted by Gasteiger charge is -2.33. The third kappa shape index (κ3) is 5.19. The second-order valence-corrected chi connectivity index (χ2v) is 7.80. The molecule has 2 aliphatic heterocycles. The summed E-state index contributed by atoms with van der Waals surface area (Å²) >= 11 is 5.93. The van der Waals surface area contributed by atoms with Gasteiger partial charge < -0.3 is 19.1 Å². The van der Waals surface area contributed by atoms with Crippen LogP contribution in [0.25, 0.3) is 0 Å². The molecule has 4 rings (SSSR count). The number of nitrogens with zero attached hydrogens (tertiary/aromatic N) is 2. The molecule has 0 unspecified atom stereocenters. The van der Waals surface area contributed by atoms with Crippen LogP contribution in [0.15, 0.2) is 36.4 Å². The lowest BCUT2D eigenvalue weighted by Crippen LogP contribution is -2.39. The van der Waals surface area contributed by atoms with Crippen LogP contribution in [-0.4, -0.2) is 49.8 Å². The molecule has 0 bridgehead atoms. The zero-order valence-electron chi connectivity index (χ0n) is 16.3. The van der Waals surface area contributed by atoms with Crippen LogP contribution in [0.4, 0.5) is 5.82 Å². The number of anilines is 1. The molecule has 0 atom stereocenters. The number of ether oxygens (including phenoxy) is 3. The van der Waals surface area contributed by atoms with Crippen molar-refractivity contribution in [2.45, 2.75) is 37.9 Å². The number of benzene rings is 1. The molecule has 1 aromatic heterocycles. The number of rotatable bonds is 6. The largest absolute Gasteiger partial charge is 0.490 e. The van der Waals surface area contributed by atoms with Crippen molar-refractivity contribution in [1.29, 1.82) is 0 Å². The molecule has 154 valence electrons. The summed E-state index contributed by atoms with van der Waals surface area (Å²) in [6.45, 7) is 2.97. The number of hydrogen-bond donors (Lipinski definition) is 0. The highest BCUT2D eigenvalue weighted by atomic mass is 35.5. The zero-order chi connectivity index (χ0) is 20.1. The molecule has 0 N–H and O–H groups in total. The van der Waals surface area contributed by atoms with Gasteiger partial charge >= 0.3 is 0 Å². The van der Waals surface area contributed by atoms with E-state index in [2.05, 4.69) is 9.88 Å². The Bertz CT molecular complexity index is 816. The van der Waals surface area contributed by atoms with E-state index in [0.717, 1.165) is 50.8 Å². The average Bonchev–Trinajstić information content (AvgIpc) is 2.77. The average molecular weight is 417 g/mol. The predicted octanol–water partition coefficient (Wildman–Crippen LogP) is 4.15. The van der Waals surface area contributed by atoms with Crippen molar-refractivity contribution >= 4 is 23.7 Å². The minimum absolute atomic E-state index is 0.115. The molecule has 29 heavy (non-hydrogen) atoms. The number of hydrogen-bond acceptors (Lipinski definition) is 6. The molecular formula is C22H25ClN2O4. The predicted molar refractivity (Wildman–Crippen MR) is 111 cm³/mol. The van der Waals surface area contributed by atoms with E-state index >= 15 is 0 Å². The van der Waals surface area contributed by atoms with Crippen LogP contribution in [0, 0.1) is 0 Å². The van der Waals surface area contributed by atoms with Gasteiger partial charge in [0.2, 0.25) is 5.88 Å². The Morgan fingerprint density at radius 1 is 0.966 bits per heavy atom. The van der Waals surface area contributed by atoms with Gasteiger partial charge in [-0.3, -0.25) is 4.79 Å². The fourth-order valence-electron chi connectivity index (χ4n) is 3.71. The highest BCUT2D eigenvalue weighted by Crippen LogP contribution is 2.27. The van der Waals surface area contributed by atoms with E-state index in [1.807, 2.05) is 24.3 Å². The summed E-state index contributed by atoms with van der Waals surface area (Å²) < 4.78 is 17.5. The first-order valence-corrected chi connectivity index (χ1v) is 10.5. The van der Waals surface area contributed by atoms with Gasteiger partial charge in [-0.25, -0.2) is 0 Å². The summed E-state index contributed by atoms with van der Waals surface area (Å²) in [4.78, 5) is 18.3. The van der Waals surface area contributed by atoms with Crippen molar-refractivity contribution in [3.8, 4) is 11.6 Å². The SMILES string of the molecule is O=Cc1ccc(OC2CCOCC2)nc1N1CCC(Oc2ccc(Cl)cc2)CC1. The number of halogens is 1. The first-order valence-electron chi connectivity index (χ1n) is 10.1. The molecule has 2 aromatic rings. The van der Waals surface area contributed by atoms with Crippen molar-refractivity contribution in [1.82, 2.24) is 4.98 Å². The van der Waals surface area contributed by atoms with E-state index in [9.17, 15) is 4.79 Å². The van der Waals surface area contributed by atoms with Crippen LogP contribution in [-0.2, 0) is 4.74 Å². The fraction of sp³-hybridized carbons (Fsp3) is 0.455. The van der Waals surface area contributed by atoms with E-state index in [1.54, 1.807) is 12.1 Å². The van der Waals surface area contributed by atoms with E-state index in [-0.39, 0.29) is 12.2 Å². The fourth-order valence-corrected chi connectivity index (χ4v) is 3.83.